The van der Waals surface area contributed by atoms with Crippen LogP contribution in [0.25, 0.3) is 0 Å². The van der Waals surface area contributed by atoms with Crippen LogP contribution in [0.2, 0.25) is 0 Å². The van der Waals surface area contributed by atoms with Crippen LogP contribution in [-0.4, -0.2) is 58.3 Å². The number of hydrogen-bond donors (Lipinski definition) is 0. The summed E-state index contributed by atoms with van der Waals surface area (Å²) in [6, 6.07) is 5.03. The van der Waals surface area contributed by atoms with Crippen LogP contribution >= 0.6 is 0 Å². The number of nitrogens with zero attached hydrogens (tertiary/aromatic N) is 2. The van der Waals surface area contributed by atoms with Crippen molar-refractivity contribution in [2.45, 2.75) is 138 Å². The molecule has 0 amide bonds. The van der Waals surface area contributed by atoms with E-state index in [0.29, 0.717) is 12.2 Å². The quantitative estimate of drug-likeness (QED) is 0.631. The highest BCUT2D eigenvalue weighted by Crippen LogP contribution is 2.57. The van der Waals surface area contributed by atoms with Gasteiger partial charge in [-0.25, -0.2) is 0 Å². The average molecular weight is 371 g/mol. The lowest BCUT2D eigenvalue weighted by molar-refractivity contribution is -0.238. The number of ether oxygens (including phenoxy) is 1. The molecule has 0 radical (unpaired) electrons. The topological polar surface area (TPSA) is 15.7 Å². The zero-order valence-corrected chi connectivity index (χ0v) is 17.0. The number of rotatable bonds is 0. The molecule has 0 aromatic rings. The first-order valence-electron chi connectivity index (χ1n) is 12.6. The molecule has 3 aliphatic heterocycles. The Morgan fingerprint density at radius 1 is 0.444 bits per heavy atom. The van der Waals surface area contributed by atoms with Gasteiger partial charge in [-0.2, -0.15) is 0 Å². The van der Waals surface area contributed by atoms with Gasteiger partial charge in [0.2, 0.25) is 0 Å². The molecule has 4 aliphatic carbocycles. The first-order chi connectivity index (χ1) is 13.4. The van der Waals surface area contributed by atoms with E-state index in [1.54, 1.807) is 6.42 Å². The Balaban J connectivity index is 1.33. The first kappa shape index (κ1) is 16.7. The van der Waals surface area contributed by atoms with Gasteiger partial charge in [-0.3, -0.25) is 9.80 Å². The average Bonchev–Trinajstić information content (AvgIpc) is 3.07. The van der Waals surface area contributed by atoms with Gasteiger partial charge >= 0.3 is 0 Å². The van der Waals surface area contributed by atoms with Crippen molar-refractivity contribution in [3.63, 3.8) is 0 Å². The van der Waals surface area contributed by atoms with Crippen LogP contribution in [0.5, 0.6) is 0 Å². The minimum Gasteiger partial charge on any atom is -0.372 e. The number of morpholine rings is 1. The van der Waals surface area contributed by atoms with E-state index in [0.717, 1.165) is 48.1 Å². The Morgan fingerprint density at radius 2 is 1.04 bits per heavy atom. The van der Waals surface area contributed by atoms with Crippen LogP contribution in [0.15, 0.2) is 0 Å². The van der Waals surface area contributed by atoms with E-state index >= 15 is 0 Å². The SMILES string of the molecule is C1CCC2C(C1)OC1CCCC3C1N2C1CCCC2C4CCCCC4N3C21. The fraction of sp³-hybridized carbons (Fsp3) is 1.00. The van der Waals surface area contributed by atoms with E-state index < -0.39 is 0 Å². The molecule has 0 bridgehead atoms. The molecule has 27 heavy (non-hydrogen) atoms. The summed E-state index contributed by atoms with van der Waals surface area (Å²) >= 11 is 0. The molecule has 7 rings (SSSR count). The largest absolute Gasteiger partial charge is 0.372 e. The van der Waals surface area contributed by atoms with Gasteiger partial charge in [0, 0.05) is 30.2 Å². The molecule has 150 valence electrons. The van der Waals surface area contributed by atoms with Gasteiger partial charge < -0.3 is 4.74 Å². The van der Waals surface area contributed by atoms with E-state index in [4.69, 9.17) is 4.74 Å². The molecule has 3 nitrogen and oxygen atoms in total. The van der Waals surface area contributed by atoms with Crippen molar-refractivity contribution >= 4 is 0 Å². The van der Waals surface area contributed by atoms with Gasteiger partial charge in [0.15, 0.2) is 0 Å². The molecule has 7 fully saturated rings. The molecule has 3 heterocycles. The Kier molecular flexibility index (Phi) is 3.82. The van der Waals surface area contributed by atoms with Crippen molar-refractivity contribution in [3.05, 3.63) is 0 Å². The molecule has 0 spiro atoms. The van der Waals surface area contributed by atoms with E-state index in [-0.39, 0.29) is 0 Å². The third kappa shape index (κ3) is 2.20. The normalized spacial score (nSPS) is 57.3. The predicted octanol–water partition coefficient (Wildman–Crippen LogP) is 4.34. The molecule has 10 unspecified atom stereocenters. The fourth-order valence-corrected chi connectivity index (χ4v) is 9.57. The van der Waals surface area contributed by atoms with Crippen molar-refractivity contribution in [2.75, 3.05) is 0 Å². The maximum absolute atomic E-state index is 6.88. The third-order valence-corrected chi connectivity index (χ3v) is 10.2. The lowest BCUT2D eigenvalue weighted by Gasteiger charge is -2.66. The summed E-state index contributed by atoms with van der Waals surface area (Å²) in [5.74, 6) is 2.07. The van der Waals surface area contributed by atoms with Crippen LogP contribution in [-0.2, 0) is 4.74 Å². The molecule has 7 aliphatic rings. The van der Waals surface area contributed by atoms with Crippen molar-refractivity contribution in [3.8, 4) is 0 Å². The van der Waals surface area contributed by atoms with Gasteiger partial charge in [-0.1, -0.05) is 32.1 Å². The zero-order chi connectivity index (χ0) is 17.5. The Hall–Kier alpha value is -0.120. The van der Waals surface area contributed by atoms with E-state index in [9.17, 15) is 0 Å². The summed E-state index contributed by atoms with van der Waals surface area (Å²) in [7, 11) is 0. The smallest absolute Gasteiger partial charge is 0.0750 e. The molecule has 0 aromatic carbocycles. The van der Waals surface area contributed by atoms with Crippen LogP contribution in [0.3, 0.4) is 0 Å². The Morgan fingerprint density at radius 3 is 1.96 bits per heavy atom. The highest BCUT2D eigenvalue weighted by Gasteiger charge is 2.64. The van der Waals surface area contributed by atoms with Gasteiger partial charge in [-0.05, 0) is 69.6 Å². The molecular formula is C24H38N2O. The monoisotopic (exact) mass is 370 g/mol. The fourth-order valence-electron chi connectivity index (χ4n) is 9.57. The summed E-state index contributed by atoms with van der Waals surface area (Å²) in [5.41, 5.74) is 0. The van der Waals surface area contributed by atoms with Gasteiger partial charge in [0.25, 0.3) is 0 Å². The Labute approximate surface area is 165 Å². The molecule has 4 saturated carbocycles. The number of piperazine rings is 1. The highest BCUT2D eigenvalue weighted by atomic mass is 16.5. The summed E-state index contributed by atoms with van der Waals surface area (Å²) in [6.07, 6.45) is 21.5. The summed E-state index contributed by atoms with van der Waals surface area (Å²) in [4.78, 5) is 6.37. The molecule has 0 N–H and O–H groups in total. The molecule has 10 atom stereocenters. The van der Waals surface area contributed by atoms with Gasteiger partial charge in [0.05, 0.1) is 18.2 Å². The maximum Gasteiger partial charge on any atom is 0.0750 e. The number of fused-ring (bicyclic) bond motifs is 7. The molecular weight excluding hydrogens is 332 g/mol. The second-order valence-electron chi connectivity index (χ2n) is 11.1. The molecule has 3 heteroatoms. The lowest BCUT2D eigenvalue weighted by Crippen LogP contribution is -2.78. The predicted molar refractivity (Wildman–Crippen MR) is 107 cm³/mol. The number of hydrogen-bond acceptors (Lipinski definition) is 3. The van der Waals surface area contributed by atoms with Crippen molar-refractivity contribution < 1.29 is 4.74 Å². The van der Waals surface area contributed by atoms with E-state index in [1.807, 2.05) is 0 Å². The van der Waals surface area contributed by atoms with Gasteiger partial charge in [-0.15, -0.1) is 0 Å². The summed E-state index contributed by atoms with van der Waals surface area (Å²) < 4.78 is 6.88. The van der Waals surface area contributed by atoms with Crippen LogP contribution < -0.4 is 0 Å². The van der Waals surface area contributed by atoms with Crippen LogP contribution in [0, 0.1) is 11.8 Å². The second-order valence-corrected chi connectivity index (χ2v) is 11.1. The van der Waals surface area contributed by atoms with Crippen LogP contribution in [0.4, 0.5) is 0 Å². The lowest BCUT2D eigenvalue weighted by atomic mass is 9.69. The van der Waals surface area contributed by atoms with Crippen molar-refractivity contribution in [2.24, 2.45) is 11.8 Å². The van der Waals surface area contributed by atoms with E-state index in [2.05, 4.69) is 9.80 Å². The zero-order valence-electron chi connectivity index (χ0n) is 17.0. The standard InChI is InChI=1S/C24H38N2O/c1-2-9-17-15(7-1)16-8-5-11-19-23(16)25(17)20-12-6-14-22-24(20)26(19)18-10-3-4-13-21(18)27-22/h15-24H,1-14H2. The summed E-state index contributed by atoms with van der Waals surface area (Å²) in [6.45, 7) is 0. The summed E-state index contributed by atoms with van der Waals surface area (Å²) in [5, 5.41) is 0. The van der Waals surface area contributed by atoms with Crippen LogP contribution in [0.1, 0.15) is 89.9 Å². The second kappa shape index (κ2) is 6.19. The minimum absolute atomic E-state index is 0.548. The first-order valence-corrected chi connectivity index (χ1v) is 12.6. The van der Waals surface area contributed by atoms with Gasteiger partial charge in [0.1, 0.15) is 0 Å². The Bertz CT molecular complexity index is 595. The minimum atomic E-state index is 0.548. The molecule has 3 saturated heterocycles. The van der Waals surface area contributed by atoms with Crippen molar-refractivity contribution in [1.29, 1.82) is 0 Å². The third-order valence-electron chi connectivity index (χ3n) is 10.2. The maximum atomic E-state index is 6.88. The highest BCUT2D eigenvalue weighted by molar-refractivity contribution is 5.19. The molecule has 0 aromatic heterocycles. The van der Waals surface area contributed by atoms with Crippen molar-refractivity contribution in [1.82, 2.24) is 9.80 Å². The van der Waals surface area contributed by atoms with E-state index in [1.165, 1.54) is 83.5 Å².